The van der Waals surface area contributed by atoms with Gasteiger partial charge in [-0.3, -0.25) is 14.3 Å². The average Bonchev–Trinajstić information content (AvgIpc) is 3.65. The largest absolute Gasteiger partial charge is 0.433 e. The van der Waals surface area contributed by atoms with Crippen LogP contribution in [0, 0.1) is 5.92 Å². The van der Waals surface area contributed by atoms with Crippen molar-refractivity contribution in [3.05, 3.63) is 52.8 Å². The highest BCUT2D eigenvalue weighted by Gasteiger charge is 2.34. The topological polar surface area (TPSA) is 135 Å². The number of ether oxygens (including phenoxy) is 3. The van der Waals surface area contributed by atoms with Crippen molar-refractivity contribution in [1.29, 1.82) is 0 Å². The van der Waals surface area contributed by atoms with E-state index in [4.69, 9.17) is 14.2 Å². The highest BCUT2D eigenvalue weighted by Crippen LogP contribution is 2.32. The van der Waals surface area contributed by atoms with Crippen molar-refractivity contribution in [2.24, 2.45) is 5.92 Å². The summed E-state index contributed by atoms with van der Waals surface area (Å²) in [6.07, 6.45) is 3.21. The maximum Gasteiger partial charge on any atom is 0.433 e. The number of alkyl halides is 3. The lowest BCUT2D eigenvalue weighted by Crippen LogP contribution is -2.36. The molecule has 1 amide bonds. The highest BCUT2D eigenvalue weighted by atomic mass is 19.4. The Kier molecular flexibility index (Phi) is 8.09. The Balaban J connectivity index is 1.30. The number of carbonyl (C=O) groups excluding carboxylic acids is 1. The molecular weight excluding hydrogens is 547 g/mol. The molecule has 41 heavy (non-hydrogen) atoms. The summed E-state index contributed by atoms with van der Waals surface area (Å²) in [6, 6.07) is 1.85. The lowest BCUT2D eigenvalue weighted by molar-refractivity contribution is -0.141. The van der Waals surface area contributed by atoms with Crippen LogP contribution in [0.15, 0.2) is 41.6 Å². The first-order valence-electron chi connectivity index (χ1n) is 13.3. The molecule has 0 bridgehead atoms. The molecule has 1 aliphatic carbocycles. The van der Waals surface area contributed by atoms with Gasteiger partial charge >= 0.3 is 12.2 Å². The lowest BCUT2D eigenvalue weighted by atomic mass is 9.98. The predicted octanol–water partition coefficient (Wildman–Crippen LogP) is 3.95. The van der Waals surface area contributed by atoms with Crippen LogP contribution in [-0.4, -0.2) is 53.9 Å². The van der Waals surface area contributed by atoms with Crippen molar-refractivity contribution in [2.75, 3.05) is 11.9 Å². The second kappa shape index (κ2) is 11.6. The molecule has 2 unspecified atom stereocenters. The van der Waals surface area contributed by atoms with E-state index < -0.39 is 41.2 Å². The third-order valence-electron chi connectivity index (χ3n) is 6.91. The zero-order valence-corrected chi connectivity index (χ0v) is 22.5. The van der Waals surface area contributed by atoms with Gasteiger partial charge in [0.05, 0.1) is 19.3 Å². The molecule has 2 fully saturated rings. The molecule has 1 saturated heterocycles. The Morgan fingerprint density at radius 3 is 2.73 bits per heavy atom. The smallest absolute Gasteiger partial charge is 0.422 e. The van der Waals surface area contributed by atoms with E-state index in [1.54, 1.807) is 16.9 Å². The predicted molar refractivity (Wildman–Crippen MR) is 137 cm³/mol. The first kappa shape index (κ1) is 28.7. The molecule has 3 aromatic heterocycles. The Hall–Kier alpha value is -3.85. The van der Waals surface area contributed by atoms with Crippen LogP contribution in [0.4, 0.5) is 19.0 Å². The molecule has 0 aromatic carbocycles. The normalized spacial score (nSPS) is 19.8. The van der Waals surface area contributed by atoms with E-state index in [-0.39, 0.29) is 17.8 Å². The van der Waals surface area contributed by atoms with Crippen LogP contribution in [-0.2, 0) is 27.0 Å². The fourth-order valence-electron chi connectivity index (χ4n) is 5.03. The molecule has 220 valence electrons. The standard InChI is InChI=1S/C26H30F3N7O5/c1-25(2)39-15-18(41-25)14-35-10-8-21(34-35)33-23(38)19(11-16-5-3-4-6-16)36-22(37)12-17(13-31-36)40-24-30-9-7-20(32-24)26(27,28)29/h7-10,12-13,16,18-19H,3-6,11,14-15H2,1-2H3,(H,33,34,38). The van der Waals surface area contributed by atoms with E-state index in [0.29, 0.717) is 31.5 Å². The Morgan fingerprint density at radius 2 is 2.05 bits per heavy atom. The molecule has 0 radical (unpaired) electrons. The van der Waals surface area contributed by atoms with E-state index in [2.05, 4.69) is 25.5 Å². The number of hydrogen-bond acceptors (Lipinski definition) is 9. The molecule has 15 heteroatoms. The lowest BCUT2D eigenvalue weighted by Gasteiger charge is -2.21. The zero-order chi connectivity index (χ0) is 29.2. The van der Waals surface area contributed by atoms with Gasteiger partial charge in [0.25, 0.3) is 11.5 Å². The van der Waals surface area contributed by atoms with Crippen LogP contribution in [0.1, 0.15) is 57.7 Å². The first-order valence-corrected chi connectivity index (χ1v) is 13.3. The van der Waals surface area contributed by atoms with Crippen molar-refractivity contribution < 1.29 is 32.2 Å². The fourth-order valence-corrected chi connectivity index (χ4v) is 5.03. The second-order valence-electron chi connectivity index (χ2n) is 10.6. The van der Waals surface area contributed by atoms with Crippen LogP contribution >= 0.6 is 0 Å². The number of anilines is 1. The summed E-state index contributed by atoms with van der Waals surface area (Å²) in [7, 11) is 0. The molecule has 1 aliphatic heterocycles. The van der Waals surface area contributed by atoms with Gasteiger partial charge in [-0.25, -0.2) is 9.67 Å². The molecule has 2 aliphatic rings. The maximum absolute atomic E-state index is 13.4. The maximum atomic E-state index is 13.4. The van der Waals surface area contributed by atoms with Gasteiger partial charge in [0.15, 0.2) is 23.0 Å². The van der Waals surface area contributed by atoms with E-state index in [1.807, 2.05) is 13.8 Å². The third kappa shape index (κ3) is 7.27. The Labute approximate surface area is 232 Å². The van der Waals surface area contributed by atoms with Crippen LogP contribution in [0.25, 0.3) is 0 Å². The zero-order valence-electron chi connectivity index (χ0n) is 22.5. The summed E-state index contributed by atoms with van der Waals surface area (Å²) in [4.78, 5) is 33.5. The fraction of sp³-hybridized carbons (Fsp3) is 0.538. The summed E-state index contributed by atoms with van der Waals surface area (Å²) in [6.45, 7) is 4.52. The van der Waals surface area contributed by atoms with Crippen LogP contribution in [0.5, 0.6) is 11.8 Å². The summed E-state index contributed by atoms with van der Waals surface area (Å²) >= 11 is 0. The van der Waals surface area contributed by atoms with Crippen molar-refractivity contribution >= 4 is 11.7 Å². The van der Waals surface area contributed by atoms with Crippen molar-refractivity contribution in [3.8, 4) is 11.8 Å². The molecule has 12 nitrogen and oxygen atoms in total. The van der Waals surface area contributed by atoms with Gasteiger partial charge in [0.2, 0.25) is 0 Å². The highest BCUT2D eigenvalue weighted by molar-refractivity contribution is 5.92. The number of amides is 1. The van der Waals surface area contributed by atoms with Crippen molar-refractivity contribution in [1.82, 2.24) is 29.5 Å². The minimum absolute atomic E-state index is 0.161. The van der Waals surface area contributed by atoms with Crippen molar-refractivity contribution in [2.45, 2.75) is 76.6 Å². The Morgan fingerprint density at radius 1 is 1.27 bits per heavy atom. The summed E-state index contributed by atoms with van der Waals surface area (Å²) in [5.41, 5.74) is -1.85. The van der Waals surface area contributed by atoms with Crippen LogP contribution in [0.2, 0.25) is 0 Å². The number of carbonyl (C=O) groups is 1. The molecule has 4 heterocycles. The summed E-state index contributed by atoms with van der Waals surface area (Å²) < 4.78 is 58.2. The number of rotatable bonds is 9. The van der Waals surface area contributed by atoms with Gasteiger partial charge in [-0.2, -0.15) is 28.4 Å². The third-order valence-corrected chi connectivity index (χ3v) is 6.91. The van der Waals surface area contributed by atoms with Gasteiger partial charge in [0, 0.05) is 24.5 Å². The second-order valence-corrected chi connectivity index (χ2v) is 10.6. The average molecular weight is 578 g/mol. The van der Waals surface area contributed by atoms with Crippen LogP contribution in [0.3, 0.4) is 0 Å². The minimum Gasteiger partial charge on any atom is -0.422 e. The van der Waals surface area contributed by atoms with E-state index in [9.17, 15) is 22.8 Å². The van der Waals surface area contributed by atoms with E-state index in [0.717, 1.165) is 48.8 Å². The molecule has 0 spiro atoms. The minimum atomic E-state index is -4.69. The number of nitrogens with zero attached hydrogens (tertiary/aromatic N) is 6. The number of halogens is 3. The number of aromatic nitrogens is 6. The molecule has 2 atom stereocenters. The van der Waals surface area contributed by atoms with Crippen LogP contribution < -0.4 is 15.6 Å². The molecule has 1 N–H and O–H groups in total. The molecular formula is C26H30F3N7O5. The Bertz CT molecular complexity index is 1440. The van der Waals surface area contributed by atoms with Crippen molar-refractivity contribution in [3.63, 3.8) is 0 Å². The summed E-state index contributed by atoms with van der Waals surface area (Å²) in [5, 5.41) is 11.3. The number of nitrogens with one attached hydrogen (secondary N) is 1. The van der Waals surface area contributed by atoms with Gasteiger partial charge in [0.1, 0.15) is 12.1 Å². The quantitative estimate of drug-likeness (QED) is 0.401. The first-order chi connectivity index (χ1) is 19.4. The summed E-state index contributed by atoms with van der Waals surface area (Å²) in [5.74, 6) is -0.754. The van der Waals surface area contributed by atoms with Gasteiger partial charge in [-0.15, -0.1) is 0 Å². The molecule has 3 aromatic rings. The number of hydrogen-bond donors (Lipinski definition) is 1. The van der Waals surface area contributed by atoms with Gasteiger partial charge in [-0.05, 0) is 32.3 Å². The van der Waals surface area contributed by atoms with E-state index in [1.165, 1.54) is 0 Å². The monoisotopic (exact) mass is 577 g/mol. The van der Waals surface area contributed by atoms with E-state index >= 15 is 0 Å². The molecule has 1 saturated carbocycles. The van der Waals surface area contributed by atoms with Gasteiger partial charge < -0.3 is 19.5 Å². The molecule has 5 rings (SSSR count). The SMILES string of the molecule is CC1(C)OCC(Cn2ccc(NC(=O)C(CC3CCCC3)n3ncc(Oc4nccc(C(F)(F)F)n4)cc3=O)n2)O1. The van der Waals surface area contributed by atoms with Gasteiger partial charge in [-0.1, -0.05) is 25.7 Å².